The molecule has 1 aromatic heterocycles. The molecule has 9 nitrogen and oxygen atoms in total. The third-order valence-electron chi connectivity index (χ3n) is 3.19. The van der Waals surface area contributed by atoms with Gasteiger partial charge in [-0.15, -0.1) is 0 Å². The SMILES string of the molecule is COC(=O)c1cc(OC)c(OC)cc1NC(=O)CSc1nccc(=O)[nH]1. The van der Waals surface area contributed by atoms with Gasteiger partial charge in [0.05, 0.1) is 38.3 Å². The molecule has 0 saturated carbocycles. The number of aromatic amines is 1. The van der Waals surface area contributed by atoms with E-state index in [0.717, 1.165) is 11.8 Å². The average Bonchev–Trinajstić information content (AvgIpc) is 2.65. The lowest BCUT2D eigenvalue weighted by Crippen LogP contribution is -2.18. The summed E-state index contributed by atoms with van der Waals surface area (Å²) in [5.74, 6) is -0.396. The van der Waals surface area contributed by atoms with Crippen molar-refractivity contribution in [2.75, 3.05) is 32.4 Å². The van der Waals surface area contributed by atoms with Gasteiger partial charge in [-0.2, -0.15) is 0 Å². The molecule has 26 heavy (non-hydrogen) atoms. The lowest BCUT2D eigenvalue weighted by molar-refractivity contribution is -0.113. The lowest BCUT2D eigenvalue weighted by atomic mass is 10.1. The van der Waals surface area contributed by atoms with Crippen LogP contribution in [-0.4, -0.2) is 48.9 Å². The van der Waals surface area contributed by atoms with Crippen LogP contribution in [0.1, 0.15) is 10.4 Å². The zero-order valence-electron chi connectivity index (χ0n) is 14.3. The highest BCUT2D eigenvalue weighted by atomic mass is 32.2. The van der Waals surface area contributed by atoms with Crippen LogP contribution >= 0.6 is 11.8 Å². The normalized spacial score (nSPS) is 10.1. The molecule has 1 aromatic carbocycles. The van der Waals surface area contributed by atoms with Gasteiger partial charge in [-0.1, -0.05) is 11.8 Å². The van der Waals surface area contributed by atoms with E-state index >= 15 is 0 Å². The van der Waals surface area contributed by atoms with Gasteiger partial charge in [0.15, 0.2) is 16.7 Å². The Morgan fingerprint density at radius 2 is 1.88 bits per heavy atom. The second kappa shape index (κ2) is 8.90. The maximum atomic E-state index is 12.2. The predicted molar refractivity (Wildman–Crippen MR) is 95.1 cm³/mol. The molecular weight excluding hydrogens is 362 g/mol. The maximum absolute atomic E-state index is 12.2. The smallest absolute Gasteiger partial charge is 0.340 e. The summed E-state index contributed by atoms with van der Waals surface area (Å²) in [7, 11) is 4.11. The third-order valence-corrected chi connectivity index (χ3v) is 4.08. The second-order valence-corrected chi connectivity index (χ2v) is 5.78. The second-order valence-electron chi connectivity index (χ2n) is 4.82. The first kappa shape index (κ1) is 19.3. The standard InChI is InChI=1S/C16H17N3O6S/c1-23-11-6-9(15(22)25-3)10(7-12(11)24-2)18-14(21)8-26-16-17-5-4-13(20)19-16/h4-7H,8H2,1-3H3,(H,18,21)(H,17,19,20). The summed E-state index contributed by atoms with van der Waals surface area (Å²) in [4.78, 5) is 41.9. The van der Waals surface area contributed by atoms with E-state index in [1.165, 1.54) is 45.7 Å². The minimum Gasteiger partial charge on any atom is -0.493 e. The monoisotopic (exact) mass is 379 g/mol. The van der Waals surface area contributed by atoms with Crippen molar-refractivity contribution in [3.8, 4) is 11.5 Å². The molecule has 2 rings (SSSR count). The Bertz CT molecular complexity index is 867. The summed E-state index contributed by atoms with van der Waals surface area (Å²) in [6, 6.07) is 4.16. The average molecular weight is 379 g/mol. The first-order chi connectivity index (χ1) is 12.5. The number of amides is 1. The molecule has 0 aliphatic carbocycles. The molecule has 0 aliphatic heterocycles. The summed E-state index contributed by atoms with van der Waals surface area (Å²) in [5.41, 5.74) is 0.0279. The summed E-state index contributed by atoms with van der Waals surface area (Å²) in [6.07, 6.45) is 1.35. The van der Waals surface area contributed by atoms with Gasteiger partial charge in [0.25, 0.3) is 5.56 Å². The topological polar surface area (TPSA) is 120 Å². The molecule has 0 fully saturated rings. The van der Waals surface area contributed by atoms with Gasteiger partial charge in [-0.25, -0.2) is 9.78 Å². The number of hydrogen-bond acceptors (Lipinski definition) is 8. The fourth-order valence-electron chi connectivity index (χ4n) is 2.01. The van der Waals surface area contributed by atoms with Crippen molar-refractivity contribution in [1.29, 1.82) is 0 Å². The van der Waals surface area contributed by atoms with E-state index in [1.54, 1.807) is 0 Å². The highest BCUT2D eigenvalue weighted by molar-refractivity contribution is 7.99. The number of nitrogens with zero attached hydrogens (tertiary/aromatic N) is 1. The maximum Gasteiger partial charge on any atom is 0.340 e. The molecular formula is C16H17N3O6S. The molecule has 0 atom stereocenters. The van der Waals surface area contributed by atoms with Crippen LogP contribution in [0.4, 0.5) is 5.69 Å². The van der Waals surface area contributed by atoms with Crippen LogP contribution in [0.5, 0.6) is 11.5 Å². The Labute approximate surface area is 153 Å². The van der Waals surface area contributed by atoms with Crippen molar-refractivity contribution in [2.24, 2.45) is 0 Å². The molecule has 0 bridgehead atoms. The zero-order valence-corrected chi connectivity index (χ0v) is 15.1. The van der Waals surface area contributed by atoms with Crippen molar-refractivity contribution in [3.63, 3.8) is 0 Å². The number of carbonyl (C=O) groups is 2. The van der Waals surface area contributed by atoms with Gasteiger partial charge in [0, 0.05) is 24.4 Å². The van der Waals surface area contributed by atoms with Gasteiger partial charge < -0.3 is 24.5 Å². The minimum absolute atomic E-state index is 0.0259. The van der Waals surface area contributed by atoms with E-state index in [2.05, 4.69) is 15.3 Å². The Morgan fingerprint density at radius 1 is 1.19 bits per heavy atom. The van der Waals surface area contributed by atoms with E-state index in [4.69, 9.17) is 14.2 Å². The quantitative estimate of drug-likeness (QED) is 0.420. The van der Waals surface area contributed by atoms with Crippen molar-refractivity contribution < 1.29 is 23.8 Å². The molecule has 0 radical (unpaired) electrons. The molecule has 0 aliphatic rings. The fourth-order valence-corrected chi connectivity index (χ4v) is 2.65. The predicted octanol–water partition coefficient (Wildman–Crippen LogP) is 1.30. The molecule has 1 amide bonds. The first-order valence-electron chi connectivity index (χ1n) is 7.30. The van der Waals surface area contributed by atoms with Crippen molar-refractivity contribution in [1.82, 2.24) is 9.97 Å². The molecule has 0 spiro atoms. The summed E-state index contributed by atoms with van der Waals surface area (Å²) in [5, 5.41) is 2.93. The summed E-state index contributed by atoms with van der Waals surface area (Å²) < 4.78 is 15.1. The number of methoxy groups -OCH3 is 3. The van der Waals surface area contributed by atoms with E-state index < -0.39 is 11.9 Å². The molecule has 2 aromatic rings. The summed E-state index contributed by atoms with van der Waals surface area (Å²) >= 11 is 1.05. The van der Waals surface area contributed by atoms with Gasteiger partial charge in [0.1, 0.15) is 0 Å². The largest absolute Gasteiger partial charge is 0.493 e. The van der Waals surface area contributed by atoms with Crippen LogP contribution in [0, 0.1) is 0 Å². The van der Waals surface area contributed by atoms with Gasteiger partial charge in [-0.05, 0) is 0 Å². The van der Waals surface area contributed by atoms with Crippen LogP contribution < -0.4 is 20.3 Å². The molecule has 138 valence electrons. The number of aromatic nitrogens is 2. The Balaban J connectivity index is 2.19. The highest BCUT2D eigenvalue weighted by Crippen LogP contribution is 2.33. The lowest BCUT2D eigenvalue weighted by Gasteiger charge is -2.14. The van der Waals surface area contributed by atoms with Crippen molar-refractivity contribution >= 4 is 29.3 Å². The molecule has 2 N–H and O–H groups in total. The number of hydrogen-bond donors (Lipinski definition) is 2. The zero-order chi connectivity index (χ0) is 19.1. The van der Waals surface area contributed by atoms with Crippen molar-refractivity contribution in [3.05, 3.63) is 40.3 Å². The Morgan fingerprint density at radius 3 is 2.50 bits per heavy atom. The molecule has 10 heteroatoms. The number of H-pyrrole nitrogens is 1. The molecule has 0 unspecified atom stereocenters. The Hall–Kier alpha value is -3.01. The summed E-state index contributed by atoms with van der Waals surface area (Å²) in [6.45, 7) is 0. The van der Waals surface area contributed by atoms with E-state index in [0.29, 0.717) is 16.7 Å². The van der Waals surface area contributed by atoms with Crippen LogP contribution in [0.3, 0.4) is 0 Å². The van der Waals surface area contributed by atoms with Crippen LogP contribution in [-0.2, 0) is 9.53 Å². The number of ether oxygens (including phenoxy) is 3. The van der Waals surface area contributed by atoms with Crippen molar-refractivity contribution in [2.45, 2.75) is 5.16 Å². The van der Waals surface area contributed by atoms with E-state index in [-0.39, 0.29) is 22.6 Å². The highest BCUT2D eigenvalue weighted by Gasteiger charge is 2.19. The number of thioether (sulfide) groups is 1. The van der Waals surface area contributed by atoms with Gasteiger partial charge in [0.2, 0.25) is 5.91 Å². The number of carbonyl (C=O) groups excluding carboxylic acids is 2. The number of benzene rings is 1. The number of esters is 1. The number of anilines is 1. The van der Waals surface area contributed by atoms with Gasteiger partial charge in [-0.3, -0.25) is 9.59 Å². The first-order valence-corrected chi connectivity index (χ1v) is 8.29. The van der Waals surface area contributed by atoms with Gasteiger partial charge >= 0.3 is 5.97 Å². The fraction of sp³-hybridized carbons (Fsp3) is 0.250. The van der Waals surface area contributed by atoms with E-state index in [9.17, 15) is 14.4 Å². The van der Waals surface area contributed by atoms with Crippen LogP contribution in [0.2, 0.25) is 0 Å². The molecule has 0 saturated heterocycles. The Kier molecular flexibility index (Phi) is 6.61. The minimum atomic E-state index is -0.636. The van der Waals surface area contributed by atoms with E-state index in [1.807, 2.05) is 0 Å². The van der Waals surface area contributed by atoms with Crippen LogP contribution in [0.15, 0.2) is 34.3 Å². The number of nitrogens with one attached hydrogen (secondary N) is 2. The molecule has 1 heterocycles. The number of rotatable bonds is 7. The van der Waals surface area contributed by atoms with Crippen LogP contribution in [0.25, 0.3) is 0 Å². The third kappa shape index (κ3) is 4.76.